The number of nitrogens with one attached hydrogen (secondary N) is 1. The molecule has 2 heterocycles. The van der Waals surface area contributed by atoms with Crippen molar-refractivity contribution >= 4 is 5.91 Å². The van der Waals surface area contributed by atoms with Gasteiger partial charge >= 0.3 is 6.18 Å². The minimum absolute atomic E-state index is 0.0368. The first-order valence-electron chi connectivity index (χ1n) is 6.69. The molecule has 8 heteroatoms. The zero-order chi connectivity index (χ0) is 15.5. The van der Waals surface area contributed by atoms with E-state index in [2.05, 4.69) is 15.3 Å². The van der Waals surface area contributed by atoms with Crippen LogP contribution in [-0.2, 0) is 0 Å². The zero-order valence-electron chi connectivity index (χ0n) is 11.7. The average Bonchev–Trinajstić information content (AvgIpc) is 2.82. The lowest BCUT2D eigenvalue weighted by atomic mass is 10.1. The number of likely N-dealkylation sites (tertiary alicyclic amines) is 1. The van der Waals surface area contributed by atoms with E-state index in [1.54, 1.807) is 6.92 Å². The minimum atomic E-state index is -4.17. The number of aryl methyl sites for hydroxylation is 1. The van der Waals surface area contributed by atoms with E-state index in [0.29, 0.717) is 31.7 Å². The van der Waals surface area contributed by atoms with Crippen LogP contribution in [0, 0.1) is 12.8 Å². The molecule has 1 amide bonds. The third-order valence-corrected chi connectivity index (χ3v) is 3.34. The first-order chi connectivity index (χ1) is 9.83. The molecule has 1 aromatic rings. The van der Waals surface area contributed by atoms with E-state index < -0.39 is 12.7 Å². The molecule has 21 heavy (non-hydrogen) atoms. The number of nitrogens with zero attached hydrogens (tertiary/aromatic N) is 3. The number of carbonyl (C=O) groups excluding carboxylic acids is 1. The van der Waals surface area contributed by atoms with Crippen LogP contribution in [0.2, 0.25) is 0 Å². The standard InChI is InChI=1S/C13H17F3N4O/c1-9-4-18-11(6-17-9)12(21)19-5-10-2-3-20(7-10)8-13(14,15)16/h4,6,10H,2-3,5,7-8H2,1H3,(H,19,21)/t10-/m0/s1. The predicted molar refractivity (Wildman–Crippen MR) is 69.7 cm³/mol. The number of carbonyl (C=O) groups is 1. The highest BCUT2D eigenvalue weighted by molar-refractivity contribution is 5.91. The molecule has 0 unspecified atom stereocenters. The monoisotopic (exact) mass is 302 g/mol. The zero-order valence-corrected chi connectivity index (χ0v) is 11.7. The van der Waals surface area contributed by atoms with Crippen molar-refractivity contribution in [2.24, 2.45) is 5.92 Å². The molecule has 1 aliphatic rings. The van der Waals surface area contributed by atoms with E-state index in [0.717, 1.165) is 0 Å². The Labute approximate surface area is 120 Å². The topological polar surface area (TPSA) is 58.1 Å². The van der Waals surface area contributed by atoms with E-state index >= 15 is 0 Å². The third-order valence-electron chi connectivity index (χ3n) is 3.34. The molecule has 1 atom stereocenters. The van der Waals surface area contributed by atoms with Crippen LogP contribution < -0.4 is 5.32 Å². The molecule has 1 fully saturated rings. The largest absolute Gasteiger partial charge is 0.401 e. The molecule has 1 aliphatic heterocycles. The first kappa shape index (κ1) is 15.7. The molecule has 116 valence electrons. The van der Waals surface area contributed by atoms with Crippen molar-refractivity contribution in [1.82, 2.24) is 20.2 Å². The Morgan fingerprint density at radius 3 is 2.81 bits per heavy atom. The molecule has 0 bridgehead atoms. The molecule has 0 aliphatic carbocycles. The molecular weight excluding hydrogens is 285 g/mol. The maximum atomic E-state index is 12.3. The Morgan fingerprint density at radius 1 is 1.43 bits per heavy atom. The van der Waals surface area contributed by atoms with Gasteiger partial charge in [0, 0.05) is 19.3 Å². The molecule has 0 radical (unpaired) electrons. The molecule has 1 saturated heterocycles. The number of hydrogen-bond acceptors (Lipinski definition) is 4. The van der Waals surface area contributed by atoms with E-state index in [9.17, 15) is 18.0 Å². The van der Waals surface area contributed by atoms with E-state index in [1.165, 1.54) is 17.3 Å². The smallest absolute Gasteiger partial charge is 0.350 e. The summed E-state index contributed by atoms with van der Waals surface area (Å²) in [6.45, 7) is 1.98. The molecule has 0 aromatic carbocycles. The van der Waals surface area contributed by atoms with Gasteiger partial charge in [-0.15, -0.1) is 0 Å². The molecule has 0 spiro atoms. The highest BCUT2D eigenvalue weighted by Gasteiger charge is 2.34. The molecular formula is C13H17F3N4O. The van der Waals surface area contributed by atoms with Crippen molar-refractivity contribution in [2.45, 2.75) is 19.5 Å². The van der Waals surface area contributed by atoms with Gasteiger partial charge in [0.25, 0.3) is 5.91 Å². The van der Waals surface area contributed by atoms with E-state index in [-0.39, 0.29) is 17.5 Å². The van der Waals surface area contributed by atoms with Gasteiger partial charge in [-0.25, -0.2) is 4.98 Å². The van der Waals surface area contributed by atoms with Crippen molar-refractivity contribution in [3.05, 3.63) is 23.8 Å². The van der Waals surface area contributed by atoms with Crippen LogP contribution in [0.1, 0.15) is 22.6 Å². The summed E-state index contributed by atoms with van der Waals surface area (Å²) >= 11 is 0. The van der Waals surface area contributed by atoms with Crippen molar-refractivity contribution in [1.29, 1.82) is 0 Å². The highest BCUT2D eigenvalue weighted by atomic mass is 19.4. The number of alkyl halides is 3. The summed E-state index contributed by atoms with van der Waals surface area (Å²) in [5.41, 5.74) is 0.927. The van der Waals surface area contributed by atoms with Crippen molar-refractivity contribution in [2.75, 3.05) is 26.2 Å². The summed E-state index contributed by atoms with van der Waals surface area (Å²) in [7, 11) is 0. The molecule has 1 N–H and O–H groups in total. The number of aromatic nitrogens is 2. The fraction of sp³-hybridized carbons (Fsp3) is 0.615. The lowest BCUT2D eigenvalue weighted by molar-refractivity contribution is -0.143. The average molecular weight is 302 g/mol. The van der Waals surface area contributed by atoms with Crippen LogP contribution in [-0.4, -0.2) is 53.1 Å². The maximum Gasteiger partial charge on any atom is 0.401 e. The Morgan fingerprint density at radius 2 is 2.19 bits per heavy atom. The van der Waals surface area contributed by atoms with E-state index in [1.807, 2.05) is 0 Å². The summed E-state index contributed by atoms with van der Waals surface area (Å²) in [6, 6.07) is 0. The Kier molecular flexibility index (Phi) is 4.76. The number of halogens is 3. The number of rotatable bonds is 4. The molecule has 2 rings (SSSR count). The second kappa shape index (κ2) is 6.38. The van der Waals surface area contributed by atoms with Crippen LogP contribution in [0.4, 0.5) is 13.2 Å². The third kappa shape index (κ3) is 4.96. The summed E-state index contributed by atoms with van der Waals surface area (Å²) in [4.78, 5) is 21.1. The Bertz CT molecular complexity index is 489. The lowest BCUT2D eigenvalue weighted by Crippen LogP contribution is -2.34. The number of amides is 1. The minimum Gasteiger partial charge on any atom is -0.350 e. The molecule has 0 saturated carbocycles. The van der Waals surface area contributed by atoms with Crippen LogP contribution in [0.5, 0.6) is 0 Å². The van der Waals surface area contributed by atoms with Gasteiger partial charge in [0.15, 0.2) is 0 Å². The van der Waals surface area contributed by atoms with Gasteiger partial charge in [-0.3, -0.25) is 14.7 Å². The van der Waals surface area contributed by atoms with Gasteiger partial charge in [0.05, 0.1) is 18.4 Å². The normalized spacial score (nSPS) is 19.7. The van der Waals surface area contributed by atoms with Crippen LogP contribution in [0.15, 0.2) is 12.4 Å². The van der Waals surface area contributed by atoms with Gasteiger partial charge in [-0.2, -0.15) is 13.2 Å². The van der Waals surface area contributed by atoms with Crippen LogP contribution in [0.25, 0.3) is 0 Å². The van der Waals surface area contributed by atoms with Gasteiger partial charge < -0.3 is 5.32 Å². The second-order valence-corrected chi connectivity index (χ2v) is 5.26. The highest BCUT2D eigenvalue weighted by Crippen LogP contribution is 2.22. The Hall–Kier alpha value is -1.70. The van der Waals surface area contributed by atoms with Crippen molar-refractivity contribution in [3.8, 4) is 0 Å². The quantitative estimate of drug-likeness (QED) is 0.913. The summed E-state index contributed by atoms with van der Waals surface area (Å²) in [5, 5.41) is 2.69. The predicted octanol–water partition coefficient (Wildman–Crippen LogP) is 1.40. The van der Waals surface area contributed by atoms with Crippen LogP contribution >= 0.6 is 0 Å². The van der Waals surface area contributed by atoms with Gasteiger partial charge in [-0.05, 0) is 25.8 Å². The fourth-order valence-corrected chi connectivity index (χ4v) is 2.31. The van der Waals surface area contributed by atoms with Crippen molar-refractivity contribution in [3.63, 3.8) is 0 Å². The summed E-state index contributed by atoms with van der Waals surface area (Å²) in [5.74, 6) is -0.313. The first-order valence-corrected chi connectivity index (χ1v) is 6.69. The van der Waals surface area contributed by atoms with Gasteiger partial charge in [-0.1, -0.05) is 0 Å². The van der Waals surface area contributed by atoms with Crippen molar-refractivity contribution < 1.29 is 18.0 Å². The van der Waals surface area contributed by atoms with E-state index in [4.69, 9.17) is 0 Å². The molecule has 1 aromatic heterocycles. The second-order valence-electron chi connectivity index (χ2n) is 5.26. The van der Waals surface area contributed by atoms with Gasteiger partial charge in [0.1, 0.15) is 5.69 Å². The van der Waals surface area contributed by atoms with Crippen LogP contribution in [0.3, 0.4) is 0 Å². The Balaban J connectivity index is 1.76. The summed E-state index contributed by atoms with van der Waals surface area (Å²) in [6.07, 6.45) is -0.642. The summed E-state index contributed by atoms with van der Waals surface area (Å²) < 4.78 is 36.8. The SMILES string of the molecule is Cc1cnc(C(=O)NC[C@@H]2CCN(CC(F)(F)F)C2)cn1. The fourth-order valence-electron chi connectivity index (χ4n) is 2.31. The molecule has 5 nitrogen and oxygen atoms in total. The number of hydrogen-bond donors (Lipinski definition) is 1. The maximum absolute atomic E-state index is 12.3. The van der Waals surface area contributed by atoms with Gasteiger partial charge in [0.2, 0.25) is 0 Å². The lowest BCUT2D eigenvalue weighted by Gasteiger charge is -2.17.